The Bertz CT molecular complexity index is 430. The first-order chi connectivity index (χ1) is 12.8. The van der Waals surface area contributed by atoms with Crippen molar-refractivity contribution < 1.29 is 14.6 Å². The summed E-state index contributed by atoms with van der Waals surface area (Å²) in [5, 5.41) is 8.57. The molecule has 0 spiro atoms. The van der Waals surface area contributed by atoms with Crippen LogP contribution in [0.25, 0.3) is 0 Å². The van der Waals surface area contributed by atoms with Crippen LogP contribution in [-0.2, 0) is 16.1 Å². The van der Waals surface area contributed by atoms with Gasteiger partial charge in [0.15, 0.2) is 0 Å². The molecule has 0 saturated carbocycles. The summed E-state index contributed by atoms with van der Waals surface area (Å²) < 4.78 is 5.71. The van der Waals surface area contributed by atoms with Gasteiger partial charge in [0.05, 0.1) is 6.61 Å². The lowest BCUT2D eigenvalue weighted by atomic mass is 10.0. The van der Waals surface area contributed by atoms with Crippen molar-refractivity contribution in [1.82, 2.24) is 0 Å². The second kappa shape index (κ2) is 17.1. The number of ether oxygens (including phenoxy) is 1. The Morgan fingerprint density at radius 3 is 1.65 bits per heavy atom. The Balaban J connectivity index is 1.70. The average molecular weight is 363 g/mol. The molecule has 148 valence electrons. The summed E-state index contributed by atoms with van der Waals surface area (Å²) in [5.41, 5.74) is 1.26. The Labute approximate surface area is 160 Å². The third-order valence-electron chi connectivity index (χ3n) is 4.79. The van der Waals surface area contributed by atoms with Gasteiger partial charge in [0.25, 0.3) is 0 Å². The van der Waals surface area contributed by atoms with Gasteiger partial charge in [-0.1, -0.05) is 101 Å². The van der Waals surface area contributed by atoms with E-state index in [-0.39, 0.29) is 0 Å². The molecule has 0 aromatic heterocycles. The summed E-state index contributed by atoms with van der Waals surface area (Å²) in [6.45, 7) is 1.61. The lowest BCUT2D eigenvalue weighted by Gasteiger charge is -2.05. The number of carboxylic acids is 1. The van der Waals surface area contributed by atoms with Crippen LogP contribution in [0.3, 0.4) is 0 Å². The molecule has 0 radical (unpaired) electrons. The lowest BCUT2D eigenvalue weighted by Crippen LogP contribution is -1.95. The number of aliphatic carboxylic acids is 1. The van der Waals surface area contributed by atoms with Gasteiger partial charge in [0, 0.05) is 13.0 Å². The molecule has 0 amide bonds. The van der Waals surface area contributed by atoms with E-state index in [0.717, 1.165) is 26.1 Å². The van der Waals surface area contributed by atoms with Crippen molar-refractivity contribution in [2.75, 3.05) is 6.61 Å². The smallest absolute Gasteiger partial charge is 0.303 e. The molecule has 26 heavy (non-hydrogen) atoms. The molecule has 1 N–H and O–H groups in total. The van der Waals surface area contributed by atoms with Gasteiger partial charge in [-0.25, -0.2) is 0 Å². The monoisotopic (exact) mass is 362 g/mol. The van der Waals surface area contributed by atoms with E-state index in [4.69, 9.17) is 9.84 Å². The molecule has 1 aromatic rings. The highest BCUT2D eigenvalue weighted by molar-refractivity contribution is 5.66. The maximum Gasteiger partial charge on any atom is 0.303 e. The van der Waals surface area contributed by atoms with Crippen LogP contribution in [0, 0.1) is 0 Å². The average Bonchev–Trinajstić information content (AvgIpc) is 2.65. The van der Waals surface area contributed by atoms with E-state index in [2.05, 4.69) is 24.3 Å². The van der Waals surface area contributed by atoms with E-state index in [0.29, 0.717) is 6.42 Å². The quantitative estimate of drug-likeness (QED) is 0.294. The van der Waals surface area contributed by atoms with E-state index in [1.807, 2.05) is 6.07 Å². The number of hydrogen-bond donors (Lipinski definition) is 1. The Kier molecular flexibility index (Phi) is 14.9. The number of carbonyl (C=O) groups is 1. The van der Waals surface area contributed by atoms with Crippen molar-refractivity contribution in [3.8, 4) is 0 Å². The maximum atomic E-state index is 10.4. The van der Waals surface area contributed by atoms with Crippen LogP contribution in [-0.4, -0.2) is 17.7 Å². The summed E-state index contributed by atoms with van der Waals surface area (Å²) in [7, 11) is 0. The summed E-state index contributed by atoms with van der Waals surface area (Å²) in [6.07, 6.45) is 16.6. The van der Waals surface area contributed by atoms with Crippen LogP contribution in [0.2, 0.25) is 0 Å². The van der Waals surface area contributed by atoms with Crippen molar-refractivity contribution in [1.29, 1.82) is 0 Å². The SMILES string of the molecule is O=C(O)CCCCCCCCCCCCCCCOCc1ccccc1. The largest absolute Gasteiger partial charge is 0.481 e. The fraction of sp³-hybridized carbons (Fsp3) is 0.696. The summed E-state index contributed by atoms with van der Waals surface area (Å²) in [4.78, 5) is 10.4. The predicted octanol–water partition coefficient (Wildman–Crippen LogP) is 6.75. The normalized spacial score (nSPS) is 10.9. The maximum absolute atomic E-state index is 10.4. The molecule has 0 aliphatic rings. The molecule has 0 atom stereocenters. The molecule has 0 unspecified atom stereocenters. The minimum absolute atomic E-state index is 0.332. The molecule has 0 bridgehead atoms. The van der Waals surface area contributed by atoms with E-state index in [1.54, 1.807) is 0 Å². The number of unbranched alkanes of at least 4 members (excludes halogenated alkanes) is 12. The fourth-order valence-electron chi connectivity index (χ4n) is 3.19. The summed E-state index contributed by atoms with van der Waals surface area (Å²) in [6, 6.07) is 10.4. The zero-order valence-corrected chi connectivity index (χ0v) is 16.5. The molecule has 3 nitrogen and oxygen atoms in total. The first kappa shape index (κ1) is 22.7. The van der Waals surface area contributed by atoms with Gasteiger partial charge in [-0.3, -0.25) is 4.79 Å². The van der Waals surface area contributed by atoms with E-state index >= 15 is 0 Å². The van der Waals surface area contributed by atoms with Crippen molar-refractivity contribution in [2.24, 2.45) is 0 Å². The van der Waals surface area contributed by atoms with Gasteiger partial charge >= 0.3 is 5.97 Å². The first-order valence-electron chi connectivity index (χ1n) is 10.6. The Morgan fingerprint density at radius 1 is 0.692 bits per heavy atom. The van der Waals surface area contributed by atoms with Crippen molar-refractivity contribution in [3.05, 3.63) is 35.9 Å². The summed E-state index contributed by atoms with van der Waals surface area (Å²) >= 11 is 0. The highest BCUT2D eigenvalue weighted by Crippen LogP contribution is 2.13. The van der Waals surface area contributed by atoms with Gasteiger partial charge in [0.2, 0.25) is 0 Å². The molecule has 0 heterocycles. The van der Waals surface area contributed by atoms with Crippen LogP contribution >= 0.6 is 0 Å². The number of rotatable bonds is 18. The predicted molar refractivity (Wildman–Crippen MR) is 108 cm³/mol. The van der Waals surface area contributed by atoms with Gasteiger partial charge in [-0.15, -0.1) is 0 Å². The standard InChI is InChI=1S/C23H38O3/c24-23(25)19-15-10-8-6-4-2-1-3-5-7-9-11-16-20-26-21-22-17-13-12-14-18-22/h12-14,17-18H,1-11,15-16,19-21H2,(H,24,25). The minimum atomic E-state index is -0.662. The van der Waals surface area contributed by atoms with Gasteiger partial charge in [0.1, 0.15) is 0 Å². The molecular formula is C23H38O3. The molecule has 0 saturated heterocycles. The van der Waals surface area contributed by atoms with E-state index in [1.165, 1.54) is 76.2 Å². The van der Waals surface area contributed by atoms with Crippen molar-refractivity contribution >= 4 is 5.97 Å². The zero-order valence-electron chi connectivity index (χ0n) is 16.5. The molecule has 0 aliphatic heterocycles. The van der Waals surface area contributed by atoms with Crippen molar-refractivity contribution in [2.45, 2.75) is 96.5 Å². The summed E-state index contributed by atoms with van der Waals surface area (Å²) in [5.74, 6) is -0.662. The molecule has 1 rings (SSSR count). The van der Waals surface area contributed by atoms with Gasteiger partial charge in [-0.05, 0) is 18.4 Å². The topological polar surface area (TPSA) is 46.5 Å². The van der Waals surface area contributed by atoms with E-state index < -0.39 is 5.97 Å². The van der Waals surface area contributed by atoms with Crippen LogP contribution in [0.5, 0.6) is 0 Å². The Morgan fingerprint density at radius 2 is 1.15 bits per heavy atom. The highest BCUT2D eigenvalue weighted by Gasteiger charge is 1.97. The number of carboxylic acid groups (broad SMARTS) is 1. The highest BCUT2D eigenvalue weighted by atomic mass is 16.5. The van der Waals surface area contributed by atoms with Crippen LogP contribution in [0.4, 0.5) is 0 Å². The second-order valence-corrected chi connectivity index (χ2v) is 7.28. The Hall–Kier alpha value is -1.35. The molecule has 1 aromatic carbocycles. The van der Waals surface area contributed by atoms with Crippen LogP contribution < -0.4 is 0 Å². The van der Waals surface area contributed by atoms with E-state index in [9.17, 15) is 4.79 Å². The molecular weight excluding hydrogens is 324 g/mol. The third kappa shape index (κ3) is 14.9. The number of benzene rings is 1. The number of hydrogen-bond acceptors (Lipinski definition) is 2. The minimum Gasteiger partial charge on any atom is -0.481 e. The van der Waals surface area contributed by atoms with Crippen molar-refractivity contribution in [3.63, 3.8) is 0 Å². The van der Waals surface area contributed by atoms with Gasteiger partial charge < -0.3 is 9.84 Å². The third-order valence-corrected chi connectivity index (χ3v) is 4.79. The van der Waals surface area contributed by atoms with Gasteiger partial charge in [-0.2, -0.15) is 0 Å². The molecule has 0 aliphatic carbocycles. The van der Waals surface area contributed by atoms with Crippen LogP contribution in [0.1, 0.15) is 95.5 Å². The second-order valence-electron chi connectivity index (χ2n) is 7.28. The zero-order chi connectivity index (χ0) is 18.7. The fourth-order valence-corrected chi connectivity index (χ4v) is 3.19. The van der Waals surface area contributed by atoms with Crippen LogP contribution in [0.15, 0.2) is 30.3 Å². The molecule has 0 fully saturated rings. The lowest BCUT2D eigenvalue weighted by molar-refractivity contribution is -0.137. The molecule has 3 heteroatoms. The first-order valence-corrected chi connectivity index (χ1v) is 10.6.